The summed E-state index contributed by atoms with van der Waals surface area (Å²) in [6, 6.07) is 8.19. The van der Waals surface area contributed by atoms with Crippen molar-refractivity contribution in [1.82, 2.24) is 20.4 Å². The fourth-order valence-corrected chi connectivity index (χ4v) is 4.78. The van der Waals surface area contributed by atoms with Gasteiger partial charge in [-0.15, -0.1) is 24.0 Å². The number of carbonyl (C=O) groups excluding carboxylic acids is 2. The van der Waals surface area contributed by atoms with Crippen molar-refractivity contribution < 1.29 is 14.3 Å². The topological polar surface area (TPSA) is 86.3 Å². The van der Waals surface area contributed by atoms with Crippen LogP contribution in [-0.2, 0) is 9.59 Å². The zero-order chi connectivity index (χ0) is 22.5. The molecule has 1 aromatic rings. The Morgan fingerprint density at radius 2 is 1.88 bits per heavy atom. The third kappa shape index (κ3) is 6.51. The molecule has 0 spiro atoms. The molecule has 9 heteroatoms. The van der Waals surface area contributed by atoms with Gasteiger partial charge in [-0.05, 0) is 25.3 Å². The van der Waals surface area contributed by atoms with Crippen molar-refractivity contribution in [2.45, 2.75) is 50.6 Å². The van der Waals surface area contributed by atoms with E-state index in [1.165, 1.54) is 12.8 Å². The molecule has 8 nitrogen and oxygen atoms in total. The smallest absolute Gasteiger partial charge is 0.243 e. The van der Waals surface area contributed by atoms with Crippen LogP contribution in [0.4, 0.5) is 0 Å². The number of hydrogen-bond donors (Lipinski definition) is 2. The Morgan fingerprint density at radius 1 is 1.12 bits per heavy atom. The zero-order valence-electron chi connectivity index (χ0n) is 19.6. The largest absolute Gasteiger partial charge is 0.493 e. The van der Waals surface area contributed by atoms with Crippen molar-refractivity contribution in [2.24, 2.45) is 10.9 Å². The predicted octanol–water partition coefficient (Wildman–Crippen LogP) is 2.54. The molecule has 2 atom stereocenters. The molecule has 1 aliphatic carbocycles. The van der Waals surface area contributed by atoms with Gasteiger partial charge in [-0.25, -0.2) is 4.99 Å². The van der Waals surface area contributed by atoms with Gasteiger partial charge in [-0.3, -0.25) is 9.59 Å². The van der Waals surface area contributed by atoms with Gasteiger partial charge in [0.15, 0.2) is 5.96 Å². The molecule has 2 fully saturated rings. The minimum Gasteiger partial charge on any atom is -0.493 e. The lowest BCUT2D eigenvalue weighted by Crippen LogP contribution is -2.47. The van der Waals surface area contributed by atoms with Crippen LogP contribution in [0.3, 0.4) is 0 Å². The van der Waals surface area contributed by atoms with Gasteiger partial charge in [-0.2, -0.15) is 0 Å². The van der Waals surface area contributed by atoms with Gasteiger partial charge in [0.2, 0.25) is 11.8 Å². The van der Waals surface area contributed by atoms with Crippen LogP contribution in [0.5, 0.6) is 5.75 Å². The number of hydrogen-bond acceptors (Lipinski definition) is 4. The van der Waals surface area contributed by atoms with Gasteiger partial charge in [0.25, 0.3) is 0 Å². The lowest BCUT2D eigenvalue weighted by Gasteiger charge is -2.29. The Kier molecular flexibility index (Phi) is 9.22. The molecule has 0 aromatic heterocycles. The average Bonchev–Trinajstić information content (AvgIpc) is 3.49. The lowest BCUT2D eigenvalue weighted by molar-refractivity contribution is -0.134. The van der Waals surface area contributed by atoms with Crippen LogP contribution in [0, 0.1) is 5.92 Å². The van der Waals surface area contributed by atoms with E-state index in [-0.39, 0.29) is 54.4 Å². The summed E-state index contributed by atoms with van der Waals surface area (Å²) in [6.07, 6.45) is 6.08. The molecule has 2 aliphatic heterocycles. The Balaban J connectivity index is 0.00000306. The number of ether oxygens (including phenoxy) is 1. The van der Waals surface area contributed by atoms with Crippen molar-refractivity contribution in [3.05, 3.63) is 29.8 Å². The maximum Gasteiger partial charge on any atom is 0.243 e. The Labute approximate surface area is 213 Å². The number of fused-ring (bicyclic) bond motifs is 1. The van der Waals surface area contributed by atoms with Gasteiger partial charge in [0.1, 0.15) is 12.3 Å². The van der Waals surface area contributed by atoms with Crippen LogP contribution >= 0.6 is 24.0 Å². The summed E-state index contributed by atoms with van der Waals surface area (Å²) in [4.78, 5) is 33.1. The molecule has 0 radical (unpaired) electrons. The number of nitrogens with one attached hydrogen (secondary N) is 2. The number of nitrogens with zero attached hydrogens (tertiary/aromatic N) is 3. The maximum atomic E-state index is 12.8. The molecule has 2 unspecified atom stereocenters. The highest BCUT2D eigenvalue weighted by Crippen LogP contribution is 2.31. The second-order valence-electron chi connectivity index (χ2n) is 9.22. The Hall–Kier alpha value is -2.04. The van der Waals surface area contributed by atoms with Crippen LogP contribution in [0.1, 0.15) is 50.1 Å². The van der Waals surface area contributed by atoms with E-state index in [9.17, 15) is 9.59 Å². The highest BCUT2D eigenvalue weighted by Gasteiger charge is 2.33. The number of para-hydroxylation sites is 1. The predicted molar refractivity (Wildman–Crippen MR) is 139 cm³/mol. The highest BCUT2D eigenvalue weighted by atomic mass is 127. The molecule has 0 bridgehead atoms. The number of guanidine groups is 1. The first-order valence-corrected chi connectivity index (χ1v) is 11.8. The van der Waals surface area contributed by atoms with E-state index in [4.69, 9.17) is 4.74 Å². The minimum atomic E-state index is -0.0528. The molecule has 2 amide bonds. The van der Waals surface area contributed by atoms with E-state index < -0.39 is 0 Å². The summed E-state index contributed by atoms with van der Waals surface area (Å²) in [5, 5.41) is 7.01. The molecule has 1 saturated carbocycles. The van der Waals surface area contributed by atoms with E-state index in [1.54, 1.807) is 19.0 Å². The van der Waals surface area contributed by atoms with Crippen molar-refractivity contribution in [3.8, 4) is 5.75 Å². The zero-order valence-corrected chi connectivity index (χ0v) is 21.9. The Morgan fingerprint density at radius 3 is 2.64 bits per heavy atom. The van der Waals surface area contributed by atoms with Crippen LogP contribution in [0.2, 0.25) is 0 Å². The van der Waals surface area contributed by atoms with Crippen LogP contribution in [0.15, 0.2) is 29.3 Å². The quantitative estimate of drug-likeness (QED) is 0.324. The van der Waals surface area contributed by atoms with Crippen molar-refractivity contribution in [1.29, 1.82) is 0 Å². The SMILES string of the molecule is CN(C)C(=O)CN=C(NC1CCN(C(=O)C2CCCC2)C1)NC1CCOc2ccccc21.I. The number of likely N-dealkylation sites (N-methyl/N-ethyl adjacent to an activating group) is 1. The fourth-order valence-electron chi connectivity index (χ4n) is 4.78. The number of benzene rings is 1. The fraction of sp³-hybridized carbons (Fsp3) is 0.625. The normalized spacial score (nSPS) is 22.7. The second kappa shape index (κ2) is 11.9. The number of halogens is 1. The Bertz CT molecular complexity index is 856. The number of likely N-dealkylation sites (tertiary alicyclic amines) is 1. The minimum absolute atomic E-state index is 0. The molecule has 1 saturated heterocycles. The number of aliphatic imine (C=N–C) groups is 1. The summed E-state index contributed by atoms with van der Waals surface area (Å²) >= 11 is 0. The summed E-state index contributed by atoms with van der Waals surface area (Å²) in [6.45, 7) is 2.16. The summed E-state index contributed by atoms with van der Waals surface area (Å²) < 4.78 is 5.78. The maximum absolute atomic E-state index is 12.8. The molecule has 33 heavy (non-hydrogen) atoms. The molecule has 2 heterocycles. The van der Waals surface area contributed by atoms with E-state index in [2.05, 4.69) is 21.7 Å². The molecular weight excluding hydrogens is 533 g/mol. The molecule has 2 N–H and O–H groups in total. The van der Waals surface area contributed by atoms with Crippen molar-refractivity contribution in [2.75, 3.05) is 40.3 Å². The standard InChI is InChI=1S/C24H35N5O3.HI/c1-28(2)22(30)15-25-24(27-20-12-14-32-21-10-6-5-9-19(20)21)26-18-11-13-29(16-18)23(31)17-7-3-4-8-17;/h5-6,9-10,17-18,20H,3-4,7-8,11-16H2,1-2H3,(H2,25,26,27);1H. The van der Waals surface area contributed by atoms with E-state index >= 15 is 0 Å². The first-order valence-electron chi connectivity index (χ1n) is 11.8. The highest BCUT2D eigenvalue weighted by molar-refractivity contribution is 14.0. The first-order chi connectivity index (χ1) is 15.5. The average molecular weight is 569 g/mol. The lowest BCUT2D eigenvalue weighted by atomic mass is 10.0. The third-order valence-electron chi connectivity index (χ3n) is 6.69. The molecule has 4 rings (SSSR count). The van der Waals surface area contributed by atoms with E-state index in [0.29, 0.717) is 25.0 Å². The third-order valence-corrected chi connectivity index (χ3v) is 6.69. The molecule has 3 aliphatic rings. The number of rotatable bonds is 5. The van der Waals surface area contributed by atoms with Crippen LogP contribution in [-0.4, -0.2) is 74.0 Å². The number of carbonyl (C=O) groups is 2. The molecular formula is C24H36IN5O3. The van der Waals surface area contributed by atoms with Gasteiger partial charge in [0, 0.05) is 51.1 Å². The van der Waals surface area contributed by atoms with Gasteiger partial charge in [0.05, 0.1) is 12.6 Å². The van der Waals surface area contributed by atoms with Crippen LogP contribution < -0.4 is 15.4 Å². The van der Waals surface area contributed by atoms with E-state index in [0.717, 1.165) is 43.5 Å². The van der Waals surface area contributed by atoms with E-state index in [1.807, 2.05) is 23.1 Å². The summed E-state index contributed by atoms with van der Waals surface area (Å²) in [7, 11) is 3.47. The summed E-state index contributed by atoms with van der Waals surface area (Å²) in [5.41, 5.74) is 1.09. The summed E-state index contributed by atoms with van der Waals surface area (Å²) in [5.74, 6) is 1.95. The van der Waals surface area contributed by atoms with Gasteiger partial charge in [-0.1, -0.05) is 31.0 Å². The van der Waals surface area contributed by atoms with Crippen molar-refractivity contribution in [3.63, 3.8) is 0 Å². The first kappa shape index (κ1) is 25.6. The van der Waals surface area contributed by atoms with Crippen LogP contribution in [0.25, 0.3) is 0 Å². The molecule has 1 aromatic carbocycles. The molecule has 182 valence electrons. The monoisotopic (exact) mass is 569 g/mol. The van der Waals surface area contributed by atoms with Gasteiger partial charge < -0.3 is 25.2 Å². The second-order valence-corrected chi connectivity index (χ2v) is 9.22. The van der Waals surface area contributed by atoms with Gasteiger partial charge >= 0.3 is 0 Å². The van der Waals surface area contributed by atoms with Crippen molar-refractivity contribution >= 4 is 41.8 Å². The number of amides is 2.